The molecule has 2 aromatic rings. The second kappa shape index (κ2) is 9.34. The van der Waals surface area contributed by atoms with Crippen molar-refractivity contribution in [3.63, 3.8) is 0 Å². The van der Waals surface area contributed by atoms with Crippen molar-refractivity contribution in [2.24, 2.45) is 0 Å². The predicted molar refractivity (Wildman–Crippen MR) is 109 cm³/mol. The maximum Gasteiger partial charge on any atom is 0.255 e. The highest BCUT2D eigenvalue weighted by molar-refractivity contribution is 6.05. The molecular weight excluding hydrogens is 324 g/mol. The number of pyridine rings is 1. The third kappa shape index (κ3) is 5.56. The normalized spacial score (nSPS) is 11.0. The number of nitrogens with one attached hydrogen (secondary N) is 2. The lowest BCUT2D eigenvalue weighted by atomic mass is 9.98. The van der Waals surface area contributed by atoms with Crippen LogP contribution in [0.1, 0.15) is 47.7 Å². The van der Waals surface area contributed by atoms with Crippen LogP contribution in [0.2, 0.25) is 0 Å². The molecule has 0 aliphatic heterocycles. The molecule has 0 fully saturated rings. The molecule has 0 spiro atoms. The first-order valence-electron chi connectivity index (χ1n) is 9.14. The van der Waals surface area contributed by atoms with E-state index < -0.39 is 0 Å². The topological polar surface area (TPSA) is 57.3 Å². The number of anilines is 2. The number of benzene rings is 1. The minimum atomic E-state index is -0.111. The van der Waals surface area contributed by atoms with Crippen LogP contribution in [0.5, 0.6) is 0 Å². The van der Waals surface area contributed by atoms with Crippen LogP contribution in [0.15, 0.2) is 36.5 Å². The van der Waals surface area contributed by atoms with Gasteiger partial charge < -0.3 is 15.5 Å². The fourth-order valence-corrected chi connectivity index (χ4v) is 2.81. The standard InChI is InChI=1S/C21H30N4O/c1-15(2)18-9-6-8-16(3)20(18)24-21(26)17-10-12-23-19(14-17)22-11-7-13-25(4)5/h6,8-10,12,14-15H,7,11,13H2,1-5H3,(H,22,23)(H,24,26). The van der Waals surface area contributed by atoms with Gasteiger partial charge in [0.15, 0.2) is 0 Å². The lowest BCUT2D eigenvalue weighted by Crippen LogP contribution is -2.17. The number of aromatic nitrogens is 1. The smallest absolute Gasteiger partial charge is 0.255 e. The van der Waals surface area contributed by atoms with Crippen molar-refractivity contribution in [1.82, 2.24) is 9.88 Å². The Morgan fingerprint density at radius 1 is 1.23 bits per heavy atom. The number of para-hydroxylation sites is 1. The number of carbonyl (C=O) groups is 1. The summed E-state index contributed by atoms with van der Waals surface area (Å²) in [5.41, 5.74) is 3.73. The highest BCUT2D eigenvalue weighted by Crippen LogP contribution is 2.27. The van der Waals surface area contributed by atoms with Gasteiger partial charge in [-0.3, -0.25) is 4.79 Å². The van der Waals surface area contributed by atoms with Gasteiger partial charge in [0.25, 0.3) is 5.91 Å². The van der Waals surface area contributed by atoms with E-state index in [-0.39, 0.29) is 5.91 Å². The van der Waals surface area contributed by atoms with Crippen LogP contribution in [-0.4, -0.2) is 43.0 Å². The molecule has 0 aliphatic carbocycles. The quantitative estimate of drug-likeness (QED) is 0.700. The summed E-state index contributed by atoms with van der Waals surface area (Å²) in [4.78, 5) is 19.2. The summed E-state index contributed by atoms with van der Waals surface area (Å²) in [6.07, 6.45) is 2.69. The average Bonchev–Trinajstić information content (AvgIpc) is 2.60. The van der Waals surface area contributed by atoms with Crippen LogP contribution in [-0.2, 0) is 0 Å². The Labute approximate surface area is 156 Å². The molecule has 5 nitrogen and oxygen atoms in total. The summed E-state index contributed by atoms with van der Waals surface area (Å²) in [5.74, 6) is 0.960. The molecule has 0 saturated carbocycles. The number of rotatable bonds is 8. The van der Waals surface area contributed by atoms with E-state index >= 15 is 0 Å². The van der Waals surface area contributed by atoms with Gasteiger partial charge in [-0.15, -0.1) is 0 Å². The molecule has 2 N–H and O–H groups in total. The number of carbonyl (C=O) groups excluding carboxylic acids is 1. The largest absolute Gasteiger partial charge is 0.370 e. The molecule has 140 valence electrons. The summed E-state index contributed by atoms with van der Waals surface area (Å²) in [7, 11) is 4.11. The van der Waals surface area contributed by atoms with Crippen molar-refractivity contribution < 1.29 is 4.79 Å². The van der Waals surface area contributed by atoms with Crippen molar-refractivity contribution in [2.75, 3.05) is 37.8 Å². The Morgan fingerprint density at radius 2 is 2.00 bits per heavy atom. The van der Waals surface area contributed by atoms with Crippen molar-refractivity contribution in [1.29, 1.82) is 0 Å². The van der Waals surface area contributed by atoms with Gasteiger partial charge in [0.05, 0.1) is 0 Å². The minimum Gasteiger partial charge on any atom is -0.370 e. The first-order valence-corrected chi connectivity index (χ1v) is 9.14. The first-order chi connectivity index (χ1) is 12.4. The van der Waals surface area contributed by atoms with Gasteiger partial charge in [0, 0.05) is 24.0 Å². The van der Waals surface area contributed by atoms with E-state index in [0.717, 1.165) is 42.1 Å². The van der Waals surface area contributed by atoms with Crippen LogP contribution in [0.3, 0.4) is 0 Å². The average molecular weight is 354 g/mol. The second-order valence-electron chi connectivity index (χ2n) is 7.16. The van der Waals surface area contributed by atoms with Crippen LogP contribution >= 0.6 is 0 Å². The van der Waals surface area contributed by atoms with Gasteiger partial charge in [-0.2, -0.15) is 0 Å². The molecule has 5 heteroatoms. The van der Waals surface area contributed by atoms with Crippen LogP contribution in [0.4, 0.5) is 11.5 Å². The Morgan fingerprint density at radius 3 is 2.69 bits per heavy atom. The number of hydrogen-bond donors (Lipinski definition) is 2. The van der Waals surface area contributed by atoms with Crippen molar-refractivity contribution >= 4 is 17.4 Å². The molecule has 0 aliphatic rings. The third-order valence-electron chi connectivity index (χ3n) is 4.28. The number of aryl methyl sites for hydroxylation is 1. The summed E-state index contributed by atoms with van der Waals surface area (Å²) in [5, 5.41) is 6.37. The fourth-order valence-electron chi connectivity index (χ4n) is 2.81. The van der Waals surface area contributed by atoms with E-state index in [1.807, 2.05) is 19.1 Å². The molecule has 0 bridgehead atoms. The minimum absolute atomic E-state index is 0.111. The third-order valence-corrected chi connectivity index (χ3v) is 4.28. The zero-order valence-corrected chi connectivity index (χ0v) is 16.5. The van der Waals surface area contributed by atoms with Gasteiger partial charge in [-0.1, -0.05) is 32.0 Å². The van der Waals surface area contributed by atoms with Gasteiger partial charge >= 0.3 is 0 Å². The molecule has 0 saturated heterocycles. The molecule has 0 unspecified atom stereocenters. The van der Waals surface area contributed by atoms with E-state index in [9.17, 15) is 4.79 Å². The highest BCUT2D eigenvalue weighted by atomic mass is 16.1. The molecule has 2 rings (SSSR count). The molecular formula is C21H30N4O. The van der Waals surface area contributed by atoms with Crippen molar-refractivity contribution in [2.45, 2.75) is 33.1 Å². The Hall–Kier alpha value is -2.40. The van der Waals surface area contributed by atoms with Gasteiger partial charge in [-0.05, 0) is 63.2 Å². The summed E-state index contributed by atoms with van der Waals surface area (Å²) >= 11 is 0. The van der Waals surface area contributed by atoms with Crippen molar-refractivity contribution in [3.05, 3.63) is 53.2 Å². The van der Waals surface area contributed by atoms with E-state index in [0.29, 0.717) is 11.5 Å². The first kappa shape index (κ1) is 19.9. The maximum absolute atomic E-state index is 12.7. The molecule has 1 heterocycles. The molecule has 0 radical (unpaired) electrons. The van der Waals surface area contributed by atoms with E-state index in [4.69, 9.17) is 0 Å². The lowest BCUT2D eigenvalue weighted by molar-refractivity contribution is 0.102. The zero-order valence-electron chi connectivity index (χ0n) is 16.5. The van der Waals surface area contributed by atoms with Crippen LogP contribution < -0.4 is 10.6 Å². The molecule has 26 heavy (non-hydrogen) atoms. The molecule has 1 amide bonds. The zero-order chi connectivity index (χ0) is 19.1. The van der Waals surface area contributed by atoms with E-state index in [2.05, 4.69) is 54.5 Å². The number of hydrogen-bond acceptors (Lipinski definition) is 4. The second-order valence-corrected chi connectivity index (χ2v) is 7.16. The summed E-state index contributed by atoms with van der Waals surface area (Å²) in [6, 6.07) is 9.66. The van der Waals surface area contributed by atoms with Crippen molar-refractivity contribution in [3.8, 4) is 0 Å². The Kier molecular flexibility index (Phi) is 7.16. The lowest BCUT2D eigenvalue weighted by Gasteiger charge is -2.16. The van der Waals surface area contributed by atoms with Gasteiger partial charge in [-0.25, -0.2) is 4.98 Å². The fraction of sp³-hybridized carbons (Fsp3) is 0.429. The number of nitrogens with zero attached hydrogens (tertiary/aromatic N) is 2. The van der Waals surface area contributed by atoms with Gasteiger partial charge in [0.2, 0.25) is 0 Å². The highest BCUT2D eigenvalue weighted by Gasteiger charge is 2.14. The van der Waals surface area contributed by atoms with Gasteiger partial charge in [0.1, 0.15) is 5.82 Å². The Balaban J connectivity index is 2.08. The predicted octanol–water partition coefficient (Wildman–Crippen LogP) is 4.13. The SMILES string of the molecule is Cc1cccc(C(C)C)c1NC(=O)c1ccnc(NCCCN(C)C)c1. The van der Waals surface area contributed by atoms with E-state index in [1.54, 1.807) is 18.3 Å². The Bertz CT molecular complexity index is 741. The van der Waals surface area contributed by atoms with E-state index in [1.165, 1.54) is 0 Å². The molecule has 1 aromatic heterocycles. The molecule has 0 atom stereocenters. The number of amides is 1. The summed E-state index contributed by atoms with van der Waals surface area (Å²) < 4.78 is 0. The molecule has 1 aromatic carbocycles. The maximum atomic E-state index is 12.7. The van der Waals surface area contributed by atoms with Crippen LogP contribution in [0.25, 0.3) is 0 Å². The summed E-state index contributed by atoms with van der Waals surface area (Å²) in [6.45, 7) is 8.12. The monoisotopic (exact) mass is 354 g/mol. The van der Waals surface area contributed by atoms with Crippen LogP contribution in [0, 0.1) is 6.92 Å².